The minimum Gasteiger partial charge on any atom is -0.372 e. The molecule has 2 aromatic rings. The predicted octanol–water partition coefficient (Wildman–Crippen LogP) is 2.34. The van der Waals surface area contributed by atoms with Crippen LogP contribution in [-0.4, -0.2) is 27.4 Å². The summed E-state index contributed by atoms with van der Waals surface area (Å²) in [5.41, 5.74) is 4.95. The molecule has 2 heterocycles. The first-order valence-corrected chi connectivity index (χ1v) is 7.62. The number of nitrogens with two attached hydrogens (primary N) is 1. The molecule has 2 bridgehead atoms. The highest BCUT2D eigenvalue weighted by Gasteiger charge is 2.42. The Labute approximate surface area is 133 Å². The maximum atomic E-state index is 8.58. The highest BCUT2D eigenvalue weighted by molar-refractivity contribution is 6.28. The average Bonchev–Trinajstić information content (AvgIpc) is 3.17. The Kier molecular flexibility index (Phi) is 4.02. The Bertz CT molecular complexity index is 713. The molecule has 4 unspecified atom stereocenters. The van der Waals surface area contributed by atoms with E-state index in [1.807, 2.05) is 12.3 Å². The van der Waals surface area contributed by atoms with Crippen molar-refractivity contribution in [2.75, 3.05) is 5.32 Å². The van der Waals surface area contributed by atoms with Crippen LogP contribution in [0.15, 0.2) is 24.4 Å². The largest absolute Gasteiger partial charge is 0.372 e. The van der Waals surface area contributed by atoms with Gasteiger partial charge in [-0.25, -0.2) is 4.98 Å². The van der Waals surface area contributed by atoms with Gasteiger partial charge in [-0.1, -0.05) is 19.1 Å². The SMILES string of the molecule is CC1C2C=CC(C2)C1Nc1nc(Cl)nc2[nH]ccc12.NC=O. The molecule has 6 nitrogen and oxygen atoms in total. The number of allylic oxidation sites excluding steroid dienone is 1. The van der Waals surface area contributed by atoms with Gasteiger partial charge in [-0.05, 0) is 41.8 Å². The molecule has 1 amide bonds. The highest BCUT2D eigenvalue weighted by Crippen LogP contribution is 2.44. The van der Waals surface area contributed by atoms with Gasteiger partial charge in [-0.2, -0.15) is 4.98 Å². The van der Waals surface area contributed by atoms with Crippen LogP contribution < -0.4 is 11.1 Å². The van der Waals surface area contributed by atoms with E-state index in [2.05, 4.69) is 45.1 Å². The summed E-state index contributed by atoms with van der Waals surface area (Å²) in [4.78, 5) is 20.2. The highest BCUT2D eigenvalue weighted by atomic mass is 35.5. The summed E-state index contributed by atoms with van der Waals surface area (Å²) in [7, 11) is 0. The number of hydrogen-bond acceptors (Lipinski definition) is 4. The predicted molar refractivity (Wildman–Crippen MR) is 86.5 cm³/mol. The van der Waals surface area contributed by atoms with E-state index >= 15 is 0 Å². The second kappa shape index (κ2) is 5.96. The van der Waals surface area contributed by atoms with Gasteiger partial charge in [-0.15, -0.1) is 0 Å². The van der Waals surface area contributed by atoms with Crippen LogP contribution >= 0.6 is 11.6 Å². The lowest BCUT2D eigenvalue weighted by Crippen LogP contribution is -2.31. The standard InChI is InChI=1S/C14H15ClN4.CH3NO/c1-7-8-2-3-9(6-8)11(7)17-13-10-4-5-16-12(10)18-14(15)19-13;2-1-3/h2-5,7-9,11H,6H2,1H3,(H2,16,17,18,19);1H,(H2,2,3). The van der Waals surface area contributed by atoms with E-state index in [0.29, 0.717) is 23.8 Å². The second-order valence-corrected chi connectivity index (χ2v) is 6.03. The summed E-state index contributed by atoms with van der Waals surface area (Å²) in [6.45, 7) is 2.31. The van der Waals surface area contributed by atoms with Crippen molar-refractivity contribution >= 4 is 34.9 Å². The number of carbonyl (C=O) groups is 1. The van der Waals surface area contributed by atoms with E-state index in [9.17, 15) is 0 Å². The summed E-state index contributed by atoms with van der Waals surface area (Å²) in [6.07, 6.45) is 8.06. The van der Waals surface area contributed by atoms with Crippen LogP contribution in [0.2, 0.25) is 5.28 Å². The van der Waals surface area contributed by atoms with Crippen LogP contribution in [0.3, 0.4) is 0 Å². The number of primary amides is 1. The fraction of sp³-hybridized carbons (Fsp3) is 0.400. The summed E-state index contributed by atoms with van der Waals surface area (Å²) in [5, 5.41) is 4.87. The molecule has 4 N–H and O–H groups in total. The third kappa shape index (κ3) is 2.54. The van der Waals surface area contributed by atoms with Gasteiger partial charge in [0.15, 0.2) is 0 Å². The minimum atomic E-state index is 0.250. The smallest absolute Gasteiger partial charge is 0.226 e. The van der Waals surface area contributed by atoms with Crippen LogP contribution in [0.5, 0.6) is 0 Å². The lowest BCUT2D eigenvalue weighted by atomic mass is 9.90. The van der Waals surface area contributed by atoms with Crippen molar-refractivity contribution in [3.63, 3.8) is 0 Å². The molecular weight excluding hydrogens is 302 g/mol. The molecule has 0 radical (unpaired) electrons. The zero-order chi connectivity index (χ0) is 15.7. The normalized spacial score (nSPS) is 28.5. The van der Waals surface area contributed by atoms with Crippen molar-refractivity contribution in [2.45, 2.75) is 19.4 Å². The molecule has 116 valence electrons. The maximum Gasteiger partial charge on any atom is 0.226 e. The molecule has 0 aliphatic heterocycles. The fourth-order valence-electron chi connectivity index (χ4n) is 3.49. The summed E-state index contributed by atoms with van der Waals surface area (Å²) in [6, 6.07) is 2.43. The zero-order valence-corrected chi connectivity index (χ0v) is 12.9. The fourth-order valence-corrected chi connectivity index (χ4v) is 3.66. The summed E-state index contributed by atoms with van der Waals surface area (Å²) >= 11 is 5.99. The van der Waals surface area contributed by atoms with Gasteiger partial charge in [0.25, 0.3) is 0 Å². The van der Waals surface area contributed by atoms with Crippen molar-refractivity contribution in [1.82, 2.24) is 15.0 Å². The van der Waals surface area contributed by atoms with Crippen molar-refractivity contribution in [3.05, 3.63) is 29.7 Å². The minimum absolute atomic E-state index is 0.250. The van der Waals surface area contributed by atoms with Gasteiger partial charge in [0.05, 0.1) is 5.39 Å². The van der Waals surface area contributed by atoms with Crippen LogP contribution in [0.25, 0.3) is 11.0 Å². The number of nitrogens with zero attached hydrogens (tertiary/aromatic N) is 2. The first-order chi connectivity index (χ1) is 10.6. The van der Waals surface area contributed by atoms with E-state index in [1.165, 1.54) is 6.42 Å². The lowest BCUT2D eigenvalue weighted by molar-refractivity contribution is -0.106. The molecule has 0 saturated heterocycles. The third-order valence-corrected chi connectivity index (χ3v) is 4.71. The van der Waals surface area contributed by atoms with E-state index in [-0.39, 0.29) is 11.7 Å². The number of amides is 1. The van der Waals surface area contributed by atoms with Crippen LogP contribution in [-0.2, 0) is 4.79 Å². The van der Waals surface area contributed by atoms with Gasteiger partial charge in [0.2, 0.25) is 11.7 Å². The second-order valence-electron chi connectivity index (χ2n) is 5.69. The Balaban J connectivity index is 0.000000446. The maximum absolute atomic E-state index is 8.58. The molecule has 1 saturated carbocycles. The Morgan fingerprint density at radius 1 is 1.41 bits per heavy atom. The number of nitrogens with one attached hydrogen (secondary N) is 2. The zero-order valence-electron chi connectivity index (χ0n) is 12.2. The van der Waals surface area contributed by atoms with E-state index in [0.717, 1.165) is 16.9 Å². The number of aromatic nitrogens is 3. The van der Waals surface area contributed by atoms with Crippen LogP contribution in [0, 0.1) is 17.8 Å². The molecular formula is C15H18ClN5O. The molecule has 0 spiro atoms. The monoisotopic (exact) mass is 319 g/mol. The number of H-pyrrole nitrogens is 1. The lowest BCUT2D eigenvalue weighted by Gasteiger charge is -2.26. The molecule has 2 aromatic heterocycles. The molecule has 4 rings (SSSR count). The average molecular weight is 320 g/mol. The Morgan fingerprint density at radius 3 is 2.82 bits per heavy atom. The summed E-state index contributed by atoms with van der Waals surface area (Å²) in [5.74, 6) is 2.80. The molecule has 7 heteroatoms. The summed E-state index contributed by atoms with van der Waals surface area (Å²) < 4.78 is 0. The topological polar surface area (TPSA) is 96.7 Å². The number of anilines is 1. The number of hydrogen-bond donors (Lipinski definition) is 3. The van der Waals surface area contributed by atoms with Crippen molar-refractivity contribution in [3.8, 4) is 0 Å². The van der Waals surface area contributed by atoms with E-state index < -0.39 is 0 Å². The first-order valence-electron chi connectivity index (χ1n) is 7.25. The Morgan fingerprint density at radius 2 is 2.14 bits per heavy atom. The van der Waals surface area contributed by atoms with Crippen molar-refractivity contribution < 1.29 is 4.79 Å². The van der Waals surface area contributed by atoms with E-state index in [1.54, 1.807) is 0 Å². The van der Waals surface area contributed by atoms with Gasteiger partial charge < -0.3 is 16.0 Å². The van der Waals surface area contributed by atoms with Gasteiger partial charge in [0, 0.05) is 12.2 Å². The van der Waals surface area contributed by atoms with Gasteiger partial charge in [-0.3, -0.25) is 4.79 Å². The molecule has 4 atom stereocenters. The number of fused-ring (bicyclic) bond motifs is 3. The molecule has 0 aromatic carbocycles. The van der Waals surface area contributed by atoms with Gasteiger partial charge in [0.1, 0.15) is 11.5 Å². The number of rotatable bonds is 2. The van der Waals surface area contributed by atoms with Gasteiger partial charge >= 0.3 is 0 Å². The molecule has 1 fully saturated rings. The number of halogens is 1. The number of carbonyl (C=O) groups excluding carboxylic acids is 1. The first kappa shape index (κ1) is 14.8. The quantitative estimate of drug-likeness (QED) is 0.449. The van der Waals surface area contributed by atoms with Crippen molar-refractivity contribution in [1.29, 1.82) is 0 Å². The third-order valence-electron chi connectivity index (χ3n) is 4.54. The molecule has 2 aliphatic rings. The molecule has 22 heavy (non-hydrogen) atoms. The van der Waals surface area contributed by atoms with Crippen molar-refractivity contribution in [2.24, 2.45) is 23.5 Å². The van der Waals surface area contributed by atoms with E-state index in [4.69, 9.17) is 16.4 Å². The number of aromatic amines is 1. The van der Waals surface area contributed by atoms with Crippen LogP contribution in [0.4, 0.5) is 5.82 Å². The van der Waals surface area contributed by atoms with Crippen LogP contribution in [0.1, 0.15) is 13.3 Å². The molecule has 2 aliphatic carbocycles. The Hall–Kier alpha value is -2.08.